The number of hydrogen-bond donors (Lipinski definition) is 2. The van der Waals surface area contributed by atoms with Crippen LogP contribution in [-0.2, 0) is 0 Å². The van der Waals surface area contributed by atoms with Crippen LogP contribution in [0, 0.1) is 13.8 Å². The van der Waals surface area contributed by atoms with Crippen molar-refractivity contribution in [3.05, 3.63) is 39.5 Å². The molecule has 1 heterocycles. The van der Waals surface area contributed by atoms with Crippen molar-refractivity contribution < 1.29 is 28.8 Å². The van der Waals surface area contributed by atoms with Crippen LogP contribution in [0.5, 0.6) is 28.7 Å². The number of ether oxygens (including phenoxy) is 3. The quantitative estimate of drug-likeness (QED) is 0.723. The molecule has 0 amide bonds. The van der Waals surface area contributed by atoms with Crippen molar-refractivity contribution in [1.82, 2.24) is 0 Å². The van der Waals surface area contributed by atoms with Crippen molar-refractivity contribution in [2.45, 2.75) is 13.8 Å². The number of aromatic hydroxyl groups is 2. The lowest BCUT2D eigenvalue weighted by Gasteiger charge is -2.17. The Bertz CT molecular complexity index is 1100. The Labute approximate surface area is 155 Å². The van der Waals surface area contributed by atoms with E-state index >= 15 is 0 Å². The minimum atomic E-state index is -0.438. The molecule has 0 bridgehead atoms. The van der Waals surface area contributed by atoms with E-state index in [2.05, 4.69) is 0 Å². The molecule has 0 aliphatic heterocycles. The molecule has 0 atom stereocenters. The third-order valence-electron chi connectivity index (χ3n) is 4.50. The molecule has 0 aliphatic rings. The smallest absolute Gasteiger partial charge is 0.239 e. The van der Waals surface area contributed by atoms with Gasteiger partial charge in [-0.3, -0.25) is 4.79 Å². The Morgan fingerprint density at radius 1 is 0.889 bits per heavy atom. The van der Waals surface area contributed by atoms with Gasteiger partial charge in [0.05, 0.1) is 26.9 Å². The molecule has 0 spiro atoms. The van der Waals surface area contributed by atoms with E-state index in [0.29, 0.717) is 22.6 Å². The van der Waals surface area contributed by atoms with E-state index in [-0.39, 0.29) is 39.5 Å². The molecule has 3 aromatic rings. The molecule has 2 aromatic carbocycles. The number of aryl methyl sites for hydroxylation is 1. The van der Waals surface area contributed by atoms with Crippen molar-refractivity contribution in [3.63, 3.8) is 0 Å². The highest BCUT2D eigenvalue weighted by atomic mass is 16.5. The molecule has 0 aliphatic carbocycles. The molecule has 3 rings (SSSR count). The van der Waals surface area contributed by atoms with E-state index in [1.165, 1.54) is 33.5 Å². The fraction of sp³-hybridized carbons (Fsp3) is 0.250. The maximum Gasteiger partial charge on any atom is 0.239 e. The molecule has 7 nitrogen and oxygen atoms in total. The number of hydrogen-bond acceptors (Lipinski definition) is 7. The van der Waals surface area contributed by atoms with E-state index in [1.807, 2.05) is 0 Å². The third-order valence-corrected chi connectivity index (χ3v) is 4.50. The van der Waals surface area contributed by atoms with Crippen LogP contribution in [0.15, 0.2) is 27.4 Å². The Hall–Kier alpha value is -3.35. The van der Waals surface area contributed by atoms with Crippen molar-refractivity contribution in [2.75, 3.05) is 21.3 Å². The van der Waals surface area contributed by atoms with Crippen LogP contribution in [0.2, 0.25) is 0 Å². The Morgan fingerprint density at radius 2 is 1.52 bits per heavy atom. The molecule has 27 heavy (non-hydrogen) atoms. The largest absolute Gasteiger partial charge is 0.508 e. The van der Waals surface area contributed by atoms with Gasteiger partial charge in [0.15, 0.2) is 5.76 Å². The van der Waals surface area contributed by atoms with Gasteiger partial charge in [0.2, 0.25) is 11.2 Å². The van der Waals surface area contributed by atoms with Gasteiger partial charge in [0, 0.05) is 17.2 Å². The summed E-state index contributed by atoms with van der Waals surface area (Å²) in [6, 6.07) is 3.97. The molecule has 0 saturated carbocycles. The SMILES string of the molecule is COc1c(C)c(OC)c2c(=O)c(OC)c(-c3ccc(O)cc3O)oc2c1C. The van der Waals surface area contributed by atoms with Crippen LogP contribution < -0.4 is 19.6 Å². The van der Waals surface area contributed by atoms with Crippen molar-refractivity contribution >= 4 is 11.0 Å². The zero-order valence-electron chi connectivity index (χ0n) is 15.7. The number of phenols is 2. The molecule has 0 radical (unpaired) electrons. The monoisotopic (exact) mass is 372 g/mol. The van der Waals surface area contributed by atoms with Gasteiger partial charge in [-0.05, 0) is 26.0 Å². The first-order valence-electron chi connectivity index (χ1n) is 8.13. The second-order valence-corrected chi connectivity index (χ2v) is 6.02. The lowest BCUT2D eigenvalue weighted by Crippen LogP contribution is -2.11. The molecule has 1 aromatic heterocycles. The van der Waals surface area contributed by atoms with Crippen LogP contribution in [0.4, 0.5) is 0 Å². The molecule has 2 N–H and O–H groups in total. The van der Waals surface area contributed by atoms with Gasteiger partial charge in [-0.25, -0.2) is 0 Å². The van der Waals surface area contributed by atoms with Crippen LogP contribution in [0.1, 0.15) is 11.1 Å². The number of fused-ring (bicyclic) bond motifs is 1. The first-order valence-corrected chi connectivity index (χ1v) is 8.13. The molecular formula is C20H20O7. The summed E-state index contributed by atoms with van der Waals surface area (Å²) >= 11 is 0. The molecule has 0 saturated heterocycles. The highest BCUT2D eigenvalue weighted by Crippen LogP contribution is 2.43. The number of phenolic OH excluding ortho intramolecular Hbond substituents is 2. The van der Waals surface area contributed by atoms with Gasteiger partial charge in [-0.2, -0.15) is 0 Å². The first-order chi connectivity index (χ1) is 12.8. The standard InChI is InChI=1S/C20H20O7/c1-9-16(24-3)10(2)18-14(17(9)25-4)15(23)20(26-5)19(27-18)12-7-6-11(21)8-13(12)22/h6-8,21-22H,1-5H3. The third kappa shape index (κ3) is 2.71. The predicted octanol–water partition coefficient (Wildman–Crippen LogP) is 3.51. The molecule has 0 fully saturated rings. The van der Waals surface area contributed by atoms with Crippen LogP contribution in [0.25, 0.3) is 22.3 Å². The molecule has 142 valence electrons. The molecular weight excluding hydrogens is 352 g/mol. The fourth-order valence-electron chi connectivity index (χ4n) is 3.30. The predicted molar refractivity (Wildman–Crippen MR) is 100 cm³/mol. The molecule has 0 unspecified atom stereocenters. The summed E-state index contributed by atoms with van der Waals surface area (Å²) in [5, 5.41) is 20.0. The van der Waals surface area contributed by atoms with Gasteiger partial charge in [0.1, 0.15) is 34.0 Å². The lowest BCUT2D eigenvalue weighted by molar-refractivity contribution is 0.383. The Kier molecular flexibility index (Phi) is 4.61. The maximum absolute atomic E-state index is 13.2. The summed E-state index contributed by atoms with van der Waals surface area (Å²) in [7, 11) is 4.33. The van der Waals surface area contributed by atoms with Gasteiger partial charge >= 0.3 is 0 Å². The normalized spacial score (nSPS) is 10.9. The minimum Gasteiger partial charge on any atom is -0.508 e. The second kappa shape index (κ2) is 6.75. The minimum absolute atomic E-state index is 0.0450. The van der Waals surface area contributed by atoms with Crippen LogP contribution in [0.3, 0.4) is 0 Å². The fourth-order valence-corrected chi connectivity index (χ4v) is 3.30. The average molecular weight is 372 g/mol. The van der Waals surface area contributed by atoms with Gasteiger partial charge in [-0.1, -0.05) is 0 Å². The van der Waals surface area contributed by atoms with Crippen LogP contribution >= 0.6 is 0 Å². The number of benzene rings is 2. The van der Waals surface area contributed by atoms with E-state index in [0.717, 1.165) is 6.07 Å². The summed E-state index contributed by atoms with van der Waals surface area (Å²) in [6.07, 6.45) is 0. The summed E-state index contributed by atoms with van der Waals surface area (Å²) in [5.41, 5.74) is 1.32. The maximum atomic E-state index is 13.2. The van der Waals surface area contributed by atoms with E-state index < -0.39 is 5.43 Å². The average Bonchev–Trinajstić information content (AvgIpc) is 2.63. The van der Waals surface area contributed by atoms with E-state index in [9.17, 15) is 15.0 Å². The van der Waals surface area contributed by atoms with Gasteiger partial charge in [0.25, 0.3) is 0 Å². The lowest BCUT2D eigenvalue weighted by atomic mass is 10.0. The van der Waals surface area contributed by atoms with Crippen LogP contribution in [-0.4, -0.2) is 31.5 Å². The Morgan fingerprint density at radius 3 is 2.07 bits per heavy atom. The summed E-state index contributed by atoms with van der Waals surface area (Å²) in [5.74, 6) is 0.469. The number of methoxy groups -OCH3 is 3. The summed E-state index contributed by atoms with van der Waals surface area (Å²) in [6.45, 7) is 3.55. The topological polar surface area (TPSA) is 98.4 Å². The van der Waals surface area contributed by atoms with Gasteiger partial charge in [-0.15, -0.1) is 0 Å². The van der Waals surface area contributed by atoms with Gasteiger partial charge < -0.3 is 28.8 Å². The highest BCUT2D eigenvalue weighted by molar-refractivity contribution is 5.93. The molecule has 7 heteroatoms. The second-order valence-electron chi connectivity index (χ2n) is 6.02. The van der Waals surface area contributed by atoms with E-state index in [1.54, 1.807) is 13.8 Å². The van der Waals surface area contributed by atoms with Crippen molar-refractivity contribution in [1.29, 1.82) is 0 Å². The zero-order valence-corrected chi connectivity index (χ0v) is 15.7. The number of rotatable bonds is 4. The first kappa shape index (κ1) is 18.4. The van der Waals surface area contributed by atoms with Crippen molar-refractivity contribution in [2.24, 2.45) is 0 Å². The summed E-state index contributed by atoms with van der Waals surface area (Å²) in [4.78, 5) is 13.2. The zero-order chi connectivity index (χ0) is 19.9. The van der Waals surface area contributed by atoms with Crippen molar-refractivity contribution in [3.8, 4) is 40.1 Å². The summed E-state index contributed by atoms with van der Waals surface area (Å²) < 4.78 is 22.2. The van der Waals surface area contributed by atoms with E-state index in [4.69, 9.17) is 18.6 Å². The highest BCUT2D eigenvalue weighted by Gasteiger charge is 2.26. The Balaban J connectivity index is 2.53.